The summed E-state index contributed by atoms with van der Waals surface area (Å²) in [6.07, 6.45) is 2.49. The molecule has 0 fully saturated rings. The molecule has 1 amide bonds. The van der Waals surface area contributed by atoms with Crippen LogP contribution in [0.3, 0.4) is 0 Å². The molecule has 12 heteroatoms. The van der Waals surface area contributed by atoms with E-state index in [1.54, 1.807) is 34.9 Å². The first-order valence-electron chi connectivity index (χ1n) is 12.7. The zero-order chi connectivity index (χ0) is 28.8. The normalized spacial score (nSPS) is 13.3. The lowest BCUT2D eigenvalue weighted by Gasteiger charge is -2.24. The summed E-state index contributed by atoms with van der Waals surface area (Å²) < 4.78 is 38.7. The minimum Gasteiger partial charge on any atom is -0.495 e. The summed E-state index contributed by atoms with van der Waals surface area (Å²) >= 11 is 0. The van der Waals surface area contributed by atoms with E-state index in [1.807, 2.05) is 57.2 Å². The summed E-state index contributed by atoms with van der Waals surface area (Å²) in [6, 6.07) is 14.8. The number of benzene rings is 2. The molecule has 0 bridgehead atoms. The molecule has 1 aliphatic heterocycles. The molecular weight excluding hydrogens is 532 g/mol. The first kappa shape index (κ1) is 27.3. The average molecular weight is 565 g/mol. The number of ether oxygens (including phenoxy) is 2. The SMILES string of the molecule is COc1cc2c(cc1Nc1ncc3ccc(-c4ccccc4N(C)S(C)(=O)=O)n3n1)CN(C(=O)OC(C)(C)C)C2. The number of hydrogen-bond donors (Lipinski definition) is 1. The third-order valence-corrected chi connectivity index (χ3v) is 7.75. The van der Waals surface area contributed by atoms with Crippen molar-refractivity contribution in [1.29, 1.82) is 0 Å². The zero-order valence-electron chi connectivity index (χ0n) is 23.3. The highest BCUT2D eigenvalue weighted by Gasteiger charge is 2.29. The van der Waals surface area contributed by atoms with E-state index in [-0.39, 0.29) is 6.09 Å². The number of fused-ring (bicyclic) bond motifs is 2. The Bertz CT molecular complexity index is 1710. The van der Waals surface area contributed by atoms with Crippen LogP contribution in [0.4, 0.5) is 22.1 Å². The Kier molecular flexibility index (Phi) is 6.82. The summed E-state index contributed by atoms with van der Waals surface area (Å²) in [5.74, 6) is 0.903. The molecule has 2 aromatic heterocycles. The standard InChI is InChI=1S/C28H32N6O5S/c1-28(2,3)39-27(35)33-16-18-13-22(25(38-5)14-19(18)17-33)30-26-29-15-20-11-12-24(34(20)31-26)21-9-7-8-10-23(21)32(4)40(6,36)37/h7-15H,16-17H2,1-6H3,(H,30,31). The lowest BCUT2D eigenvalue weighted by molar-refractivity contribution is 0.0241. The van der Waals surface area contributed by atoms with Crippen LogP contribution >= 0.6 is 0 Å². The lowest BCUT2D eigenvalue weighted by atomic mass is 10.1. The van der Waals surface area contributed by atoms with Gasteiger partial charge in [0.1, 0.15) is 11.4 Å². The number of amides is 1. The molecule has 0 saturated carbocycles. The van der Waals surface area contributed by atoms with E-state index in [0.29, 0.717) is 47.4 Å². The topological polar surface area (TPSA) is 118 Å². The van der Waals surface area contributed by atoms with Gasteiger partial charge in [-0.2, -0.15) is 0 Å². The van der Waals surface area contributed by atoms with Crippen LogP contribution in [0, 0.1) is 0 Å². The van der Waals surface area contributed by atoms with Crippen molar-refractivity contribution in [2.75, 3.05) is 30.0 Å². The highest BCUT2D eigenvalue weighted by molar-refractivity contribution is 7.92. The molecule has 2 aromatic carbocycles. The third-order valence-electron chi connectivity index (χ3n) is 6.56. The number of nitrogens with one attached hydrogen (secondary N) is 1. The second-order valence-corrected chi connectivity index (χ2v) is 12.7. The number of aromatic nitrogens is 3. The van der Waals surface area contributed by atoms with Crippen LogP contribution in [0.25, 0.3) is 16.8 Å². The van der Waals surface area contributed by atoms with E-state index in [4.69, 9.17) is 14.6 Å². The van der Waals surface area contributed by atoms with Crippen molar-refractivity contribution in [3.05, 3.63) is 65.9 Å². The number of nitrogens with zero attached hydrogens (tertiary/aromatic N) is 5. The molecule has 5 rings (SSSR count). The van der Waals surface area contributed by atoms with Gasteiger partial charge >= 0.3 is 6.09 Å². The Morgan fingerprint density at radius 2 is 1.77 bits per heavy atom. The van der Waals surface area contributed by atoms with E-state index >= 15 is 0 Å². The van der Waals surface area contributed by atoms with Crippen LogP contribution in [0.5, 0.6) is 5.75 Å². The van der Waals surface area contributed by atoms with Crippen molar-refractivity contribution in [2.45, 2.75) is 39.5 Å². The van der Waals surface area contributed by atoms with Gasteiger partial charge in [-0.05, 0) is 62.2 Å². The predicted octanol–water partition coefficient (Wildman–Crippen LogP) is 4.80. The van der Waals surface area contributed by atoms with Crippen molar-refractivity contribution in [1.82, 2.24) is 19.5 Å². The Morgan fingerprint density at radius 3 is 2.45 bits per heavy atom. The molecular formula is C28H32N6O5S. The number of rotatable bonds is 6. The quantitative estimate of drug-likeness (QED) is 0.355. The van der Waals surface area contributed by atoms with E-state index < -0.39 is 15.6 Å². The molecule has 1 aliphatic rings. The smallest absolute Gasteiger partial charge is 0.410 e. The Labute approximate surface area is 233 Å². The minimum atomic E-state index is -3.47. The molecule has 0 saturated heterocycles. The molecule has 0 radical (unpaired) electrons. The molecule has 1 N–H and O–H groups in total. The van der Waals surface area contributed by atoms with E-state index in [1.165, 1.54) is 17.6 Å². The highest BCUT2D eigenvalue weighted by atomic mass is 32.2. The molecule has 40 heavy (non-hydrogen) atoms. The maximum absolute atomic E-state index is 12.6. The maximum Gasteiger partial charge on any atom is 0.410 e. The van der Waals surface area contributed by atoms with Gasteiger partial charge in [0.2, 0.25) is 16.0 Å². The molecule has 3 heterocycles. The van der Waals surface area contributed by atoms with Gasteiger partial charge in [0.05, 0.1) is 42.1 Å². The van der Waals surface area contributed by atoms with Crippen molar-refractivity contribution < 1.29 is 22.7 Å². The van der Waals surface area contributed by atoms with Gasteiger partial charge in [0.15, 0.2) is 0 Å². The predicted molar refractivity (Wildman–Crippen MR) is 153 cm³/mol. The number of para-hydroxylation sites is 1. The van der Waals surface area contributed by atoms with Crippen LogP contribution < -0.4 is 14.4 Å². The van der Waals surface area contributed by atoms with Gasteiger partial charge in [0, 0.05) is 25.7 Å². The number of carbonyl (C=O) groups excluding carboxylic acids is 1. The summed E-state index contributed by atoms with van der Waals surface area (Å²) in [5.41, 5.74) is 4.71. The van der Waals surface area contributed by atoms with E-state index in [9.17, 15) is 13.2 Å². The Balaban J connectivity index is 1.47. The van der Waals surface area contributed by atoms with Crippen molar-refractivity contribution in [2.24, 2.45) is 0 Å². The van der Waals surface area contributed by atoms with Crippen LogP contribution in [0.1, 0.15) is 31.9 Å². The van der Waals surface area contributed by atoms with E-state index in [2.05, 4.69) is 10.3 Å². The molecule has 0 aliphatic carbocycles. The number of hydrogen-bond acceptors (Lipinski definition) is 8. The third kappa shape index (κ3) is 5.39. The van der Waals surface area contributed by atoms with Crippen LogP contribution in [0.15, 0.2) is 54.7 Å². The molecule has 0 atom stereocenters. The van der Waals surface area contributed by atoms with Gasteiger partial charge in [0.25, 0.3) is 0 Å². The second-order valence-electron chi connectivity index (χ2n) is 10.7. The summed E-state index contributed by atoms with van der Waals surface area (Å²) in [7, 11) is -0.366. The van der Waals surface area contributed by atoms with Crippen LogP contribution in [-0.2, 0) is 27.8 Å². The van der Waals surface area contributed by atoms with Gasteiger partial charge in [-0.25, -0.2) is 22.7 Å². The first-order chi connectivity index (χ1) is 18.8. The lowest BCUT2D eigenvalue weighted by Crippen LogP contribution is -2.33. The van der Waals surface area contributed by atoms with Gasteiger partial charge in [-0.3, -0.25) is 9.21 Å². The van der Waals surface area contributed by atoms with Gasteiger partial charge in [-0.1, -0.05) is 18.2 Å². The fourth-order valence-corrected chi connectivity index (χ4v) is 5.09. The summed E-state index contributed by atoms with van der Waals surface area (Å²) in [6.45, 7) is 6.37. The van der Waals surface area contributed by atoms with Crippen molar-refractivity contribution in [3.63, 3.8) is 0 Å². The number of carbonyl (C=O) groups is 1. The van der Waals surface area contributed by atoms with Crippen molar-refractivity contribution in [3.8, 4) is 17.0 Å². The Hall–Kier alpha value is -4.32. The fraction of sp³-hybridized carbons (Fsp3) is 0.321. The van der Waals surface area contributed by atoms with E-state index in [0.717, 1.165) is 16.6 Å². The average Bonchev–Trinajstić information content (AvgIpc) is 3.50. The molecule has 0 spiro atoms. The highest BCUT2D eigenvalue weighted by Crippen LogP contribution is 2.36. The number of sulfonamides is 1. The van der Waals surface area contributed by atoms with Crippen molar-refractivity contribution >= 4 is 39.0 Å². The zero-order valence-corrected chi connectivity index (χ0v) is 24.1. The maximum atomic E-state index is 12.6. The largest absolute Gasteiger partial charge is 0.495 e. The minimum absolute atomic E-state index is 0.319. The fourth-order valence-electron chi connectivity index (χ4n) is 4.58. The number of methoxy groups -OCH3 is 1. The Morgan fingerprint density at radius 1 is 1.07 bits per heavy atom. The van der Waals surface area contributed by atoms with Crippen LogP contribution in [0.2, 0.25) is 0 Å². The van der Waals surface area contributed by atoms with Gasteiger partial charge in [-0.15, -0.1) is 5.10 Å². The summed E-state index contributed by atoms with van der Waals surface area (Å²) in [4.78, 5) is 18.7. The first-order valence-corrected chi connectivity index (χ1v) is 14.5. The van der Waals surface area contributed by atoms with Crippen LogP contribution in [-0.4, -0.2) is 60.0 Å². The monoisotopic (exact) mass is 564 g/mol. The molecule has 0 unspecified atom stereocenters. The summed E-state index contributed by atoms with van der Waals surface area (Å²) in [5, 5.41) is 7.96. The second kappa shape index (κ2) is 10.0. The van der Waals surface area contributed by atoms with Gasteiger partial charge < -0.3 is 14.8 Å². The molecule has 4 aromatic rings. The molecule has 210 valence electrons. The number of anilines is 3. The molecule has 11 nitrogen and oxygen atoms in total.